The highest BCUT2D eigenvalue weighted by Gasteiger charge is 2.11. The Balaban J connectivity index is 3.08. The highest BCUT2D eigenvalue weighted by molar-refractivity contribution is 7.92. The van der Waals surface area contributed by atoms with Crippen LogP contribution in [0.5, 0.6) is 0 Å². The van der Waals surface area contributed by atoms with Gasteiger partial charge >= 0.3 is 0 Å². The minimum atomic E-state index is -3.19. The topological polar surface area (TPSA) is 63.4 Å². The molecule has 0 fully saturated rings. The predicted octanol–water partition coefficient (Wildman–Crippen LogP) is 0.541. The van der Waals surface area contributed by atoms with Gasteiger partial charge < -0.3 is 5.73 Å². The molecule has 5 heteroatoms. The van der Waals surface area contributed by atoms with Crippen molar-refractivity contribution in [3.63, 3.8) is 0 Å². The number of nitrogens with two attached hydrogens (primary N) is 1. The molecule has 4 nitrogen and oxygen atoms in total. The maximum absolute atomic E-state index is 11.2. The van der Waals surface area contributed by atoms with Gasteiger partial charge in [-0.3, -0.25) is 4.31 Å². The molecule has 1 rings (SSSR count). The zero-order chi connectivity index (χ0) is 10.8. The average Bonchev–Trinajstić information content (AvgIpc) is 2.15. The summed E-state index contributed by atoms with van der Waals surface area (Å²) >= 11 is 0. The van der Waals surface area contributed by atoms with Crippen LogP contribution in [-0.2, 0) is 16.6 Å². The molecule has 0 atom stereocenters. The Morgan fingerprint density at radius 1 is 1.43 bits per heavy atom. The second kappa shape index (κ2) is 3.98. The Hall–Kier alpha value is -1.07. The highest BCUT2D eigenvalue weighted by Crippen LogP contribution is 2.16. The van der Waals surface area contributed by atoms with Crippen LogP contribution in [0.25, 0.3) is 0 Å². The number of benzene rings is 1. The highest BCUT2D eigenvalue weighted by atomic mass is 32.2. The van der Waals surface area contributed by atoms with Gasteiger partial charge in [0, 0.05) is 13.6 Å². The molecule has 2 N–H and O–H groups in total. The molecular weight excluding hydrogens is 200 g/mol. The van der Waals surface area contributed by atoms with Crippen molar-refractivity contribution in [1.82, 2.24) is 0 Å². The van der Waals surface area contributed by atoms with E-state index in [2.05, 4.69) is 0 Å². The normalized spacial score (nSPS) is 11.4. The third kappa shape index (κ3) is 2.46. The first-order valence-electron chi connectivity index (χ1n) is 4.18. The largest absolute Gasteiger partial charge is 0.326 e. The summed E-state index contributed by atoms with van der Waals surface area (Å²) in [5.41, 5.74) is 7.01. The van der Waals surface area contributed by atoms with Crippen molar-refractivity contribution in [3.05, 3.63) is 29.8 Å². The van der Waals surface area contributed by atoms with E-state index >= 15 is 0 Å². The van der Waals surface area contributed by atoms with Gasteiger partial charge in [-0.2, -0.15) is 0 Å². The number of hydrogen-bond acceptors (Lipinski definition) is 3. The fraction of sp³-hybridized carbons (Fsp3) is 0.333. The zero-order valence-corrected chi connectivity index (χ0v) is 9.08. The minimum Gasteiger partial charge on any atom is -0.326 e. The van der Waals surface area contributed by atoms with E-state index in [1.807, 2.05) is 6.07 Å². The SMILES string of the molecule is CN(c1cccc(CN)c1)S(C)(=O)=O. The maximum Gasteiger partial charge on any atom is 0.231 e. The monoisotopic (exact) mass is 214 g/mol. The van der Waals surface area contributed by atoms with Gasteiger partial charge in [-0.05, 0) is 17.7 Å². The molecule has 0 aliphatic rings. The summed E-state index contributed by atoms with van der Waals surface area (Å²) in [7, 11) is -1.67. The molecule has 0 saturated heterocycles. The predicted molar refractivity (Wildman–Crippen MR) is 57.6 cm³/mol. The van der Waals surface area contributed by atoms with Crippen molar-refractivity contribution in [1.29, 1.82) is 0 Å². The fourth-order valence-electron chi connectivity index (χ4n) is 1.07. The van der Waals surface area contributed by atoms with E-state index in [4.69, 9.17) is 5.73 Å². The van der Waals surface area contributed by atoms with Gasteiger partial charge in [-0.1, -0.05) is 12.1 Å². The zero-order valence-electron chi connectivity index (χ0n) is 8.27. The first-order valence-corrected chi connectivity index (χ1v) is 6.03. The molecule has 0 radical (unpaired) electrons. The lowest BCUT2D eigenvalue weighted by Gasteiger charge is -2.16. The van der Waals surface area contributed by atoms with Crippen LogP contribution in [0.1, 0.15) is 5.56 Å². The lowest BCUT2D eigenvalue weighted by atomic mass is 10.2. The molecule has 0 aliphatic heterocycles. The van der Waals surface area contributed by atoms with Crippen molar-refractivity contribution >= 4 is 15.7 Å². The lowest BCUT2D eigenvalue weighted by Crippen LogP contribution is -2.24. The van der Waals surface area contributed by atoms with Gasteiger partial charge in [0.25, 0.3) is 0 Å². The molecule has 0 spiro atoms. The van der Waals surface area contributed by atoms with E-state index in [-0.39, 0.29) is 0 Å². The second-order valence-corrected chi connectivity index (χ2v) is 5.12. The van der Waals surface area contributed by atoms with Crippen LogP contribution in [0.3, 0.4) is 0 Å². The Labute approximate surface area is 84.4 Å². The molecule has 0 aliphatic carbocycles. The van der Waals surface area contributed by atoms with Crippen LogP contribution in [0.15, 0.2) is 24.3 Å². The first kappa shape index (κ1) is 11.0. The van der Waals surface area contributed by atoms with Gasteiger partial charge in [-0.25, -0.2) is 8.42 Å². The molecule has 1 aromatic carbocycles. The number of nitrogens with zero attached hydrogens (tertiary/aromatic N) is 1. The van der Waals surface area contributed by atoms with E-state index in [1.165, 1.54) is 17.6 Å². The van der Waals surface area contributed by atoms with E-state index in [0.29, 0.717) is 12.2 Å². The van der Waals surface area contributed by atoms with Crippen molar-refractivity contribution in [2.75, 3.05) is 17.6 Å². The minimum absolute atomic E-state index is 0.408. The van der Waals surface area contributed by atoms with Gasteiger partial charge in [0.05, 0.1) is 11.9 Å². The Kier molecular flexibility index (Phi) is 3.13. The number of anilines is 1. The fourth-order valence-corrected chi connectivity index (χ4v) is 1.57. The van der Waals surface area contributed by atoms with Crippen LogP contribution in [-0.4, -0.2) is 21.7 Å². The molecule has 0 amide bonds. The third-order valence-corrected chi connectivity index (χ3v) is 3.21. The molecular formula is C9H14N2O2S. The molecule has 0 aromatic heterocycles. The van der Waals surface area contributed by atoms with Crippen LogP contribution in [0.4, 0.5) is 5.69 Å². The van der Waals surface area contributed by atoms with E-state index in [1.54, 1.807) is 18.2 Å². The molecule has 0 heterocycles. The van der Waals surface area contributed by atoms with Crippen molar-refractivity contribution < 1.29 is 8.42 Å². The second-order valence-electron chi connectivity index (χ2n) is 3.10. The number of sulfonamides is 1. The van der Waals surface area contributed by atoms with Crippen molar-refractivity contribution in [2.24, 2.45) is 5.73 Å². The van der Waals surface area contributed by atoms with Gasteiger partial charge in [0.2, 0.25) is 10.0 Å². The molecule has 1 aromatic rings. The summed E-state index contributed by atoms with van der Waals surface area (Å²) in [6.07, 6.45) is 1.17. The van der Waals surface area contributed by atoms with Crippen LogP contribution in [0, 0.1) is 0 Å². The summed E-state index contributed by atoms with van der Waals surface area (Å²) in [4.78, 5) is 0. The molecule has 0 unspecified atom stereocenters. The van der Waals surface area contributed by atoms with Crippen LogP contribution < -0.4 is 10.0 Å². The smallest absolute Gasteiger partial charge is 0.231 e. The Morgan fingerprint density at radius 2 is 2.07 bits per heavy atom. The van der Waals surface area contributed by atoms with Gasteiger partial charge in [-0.15, -0.1) is 0 Å². The standard InChI is InChI=1S/C9H14N2O2S/c1-11(14(2,12)13)9-5-3-4-8(6-9)7-10/h3-6H,7,10H2,1-2H3. The average molecular weight is 214 g/mol. The number of hydrogen-bond donors (Lipinski definition) is 1. The summed E-state index contributed by atoms with van der Waals surface area (Å²) < 4.78 is 23.7. The van der Waals surface area contributed by atoms with Gasteiger partial charge in [0.1, 0.15) is 0 Å². The quantitative estimate of drug-likeness (QED) is 0.798. The summed E-state index contributed by atoms with van der Waals surface area (Å²) in [5.74, 6) is 0. The Bertz CT molecular complexity index is 415. The molecule has 0 saturated carbocycles. The van der Waals surface area contributed by atoms with Crippen LogP contribution in [0.2, 0.25) is 0 Å². The molecule has 78 valence electrons. The third-order valence-electron chi connectivity index (χ3n) is 2.01. The van der Waals surface area contributed by atoms with Crippen LogP contribution >= 0.6 is 0 Å². The Morgan fingerprint density at radius 3 is 2.57 bits per heavy atom. The molecule has 14 heavy (non-hydrogen) atoms. The van der Waals surface area contributed by atoms with E-state index < -0.39 is 10.0 Å². The summed E-state index contributed by atoms with van der Waals surface area (Å²) in [6, 6.07) is 7.15. The van der Waals surface area contributed by atoms with E-state index in [0.717, 1.165) is 5.56 Å². The number of rotatable bonds is 3. The summed E-state index contributed by atoms with van der Waals surface area (Å²) in [5, 5.41) is 0. The van der Waals surface area contributed by atoms with Crippen molar-refractivity contribution in [3.8, 4) is 0 Å². The summed E-state index contributed by atoms with van der Waals surface area (Å²) in [6.45, 7) is 0.408. The van der Waals surface area contributed by atoms with Crippen molar-refractivity contribution in [2.45, 2.75) is 6.54 Å². The molecule has 0 bridgehead atoms. The lowest BCUT2D eigenvalue weighted by molar-refractivity contribution is 0.600. The first-order chi connectivity index (χ1) is 6.45. The van der Waals surface area contributed by atoms with E-state index in [9.17, 15) is 8.42 Å². The van der Waals surface area contributed by atoms with Gasteiger partial charge in [0.15, 0.2) is 0 Å². The maximum atomic E-state index is 11.2.